The second-order valence-corrected chi connectivity index (χ2v) is 10.9. The summed E-state index contributed by atoms with van der Waals surface area (Å²) < 4.78 is 13.0. The van der Waals surface area contributed by atoms with Gasteiger partial charge in [-0.15, -0.1) is 11.3 Å². The van der Waals surface area contributed by atoms with Gasteiger partial charge in [0.25, 0.3) is 11.5 Å². The van der Waals surface area contributed by atoms with Crippen LogP contribution in [0.25, 0.3) is 10.2 Å². The van der Waals surface area contributed by atoms with Crippen molar-refractivity contribution >= 4 is 33.4 Å². The van der Waals surface area contributed by atoms with E-state index < -0.39 is 0 Å². The number of hydrogen-bond acceptors (Lipinski definition) is 7. The number of ether oxygens (including phenoxy) is 2. The van der Waals surface area contributed by atoms with Crippen LogP contribution in [0.15, 0.2) is 35.4 Å². The number of amides is 2. The van der Waals surface area contributed by atoms with Gasteiger partial charge in [-0.3, -0.25) is 19.0 Å². The summed E-state index contributed by atoms with van der Waals surface area (Å²) >= 11 is 1.17. The van der Waals surface area contributed by atoms with Crippen LogP contribution in [0.5, 0.6) is 11.5 Å². The van der Waals surface area contributed by atoms with Gasteiger partial charge >= 0.3 is 0 Å². The Morgan fingerprint density at radius 1 is 1.17 bits per heavy atom. The third-order valence-corrected chi connectivity index (χ3v) is 7.91. The summed E-state index contributed by atoms with van der Waals surface area (Å²) in [5.41, 5.74) is 0.262. The van der Waals surface area contributed by atoms with Crippen molar-refractivity contribution in [2.24, 2.45) is 11.8 Å². The number of thiophene rings is 1. The van der Waals surface area contributed by atoms with Gasteiger partial charge in [0, 0.05) is 13.1 Å². The molecule has 3 unspecified atom stereocenters. The zero-order chi connectivity index (χ0) is 25.4. The van der Waals surface area contributed by atoms with Crippen LogP contribution in [0.4, 0.5) is 0 Å². The number of benzene rings is 1. The molecule has 2 aliphatic heterocycles. The molecule has 36 heavy (non-hydrogen) atoms. The zero-order valence-corrected chi connectivity index (χ0v) is 21.5. The third-order valence-electron chi connectivity index (χ3n) is 6.71. The Hall–Kier alpha value is -3.40. The Morgan fingerprint density at radius 2 is 1.89 bits per heavy atom. The fourth-order valence-corrected chi connectivity index (χ4v) is 6.11. The molecule has 2 amide bonds. The van der Waals surface area contributed by atoms with Crippen LogP contribution in [0.1, 0.15) is 35.5 Å². The van der Waals surface area contributed by atoms with Gasteiger partial charge in [0.05, 0.1) is 23.1 Å². The van der Waals surface area contributed by atoms with Gasteiger partial charge in [-0.25, -0.2) is 4.98 Å². The van der Waals surface area contributed by atoms with E-state index >= 15 is 0 Å². The molecular formula is C26H30N4O5S. The minimum atomic E-state index is -0.319. The quantitative estimate of drug-likeness (QED) is 0.566. The first kappa shape index (κ1) is 24.3. The van der Waals surface area contributed by atoms with Crippen molar-refractivity contribution in [3.8, 4) is 11.5 Å². The summed E-state index contributed by atoms with van der Waals surface area (Å²) in [7, 11) is 0. The van der Waals surface area contributed by atoms with Crippen LogP contribution in [-0.2, 0) is 11.3 Å². The van der Waals surface area contributed by atoms with E-state index in [1.54, 1.807) is 6.92 Å². The third kappa shape index (κ3) is 4.82. The Balaban J connectivity index is 1.28. The minimum absolute atomic E-state index is 0.0570. The smallest absolute Gasteiger partial charge is 0.262 e. The summed E-state index contributed by atoms with van der Waals surface area (Å²) in [6, 6.07) is 7.41. The molecule has 1 aromatic carbocycles. The SMILES string of the molecule is Cc1c(C(=O)NCC2COc3ccccc3O2)sc2ncn(CC(=O)N3CC(C)CC(C)C3)c(=O)c12. The van der Waals surface area contributed by atoms with E-state index in [2.05, 4.69) is 24.1 Å². The Kier molecular flexibility index (Phi) is 6.70. The van der Waals surface area contributed by atoms with Gasteiger partial charge in [-0.1, -0.05) is 26.0 Å². The largest absolute Gasteiger partial charge is 0.486 e. The molecule has 4 heterocycles. The lowest BCUT2D eigenvalue weighted by molar-refractivity contribution is -0.134. The Bertz CT molecular complexity index is 1360. The van der Waals surface area contributed by atoms with E-state index in [-0.39, 0.29) is 36.6 Å². The van der Waals surface area contributed by atoms with E-state index in [4.69, 9.17) is 9.47 Å². The van der Waals surface area contributed by atoms with Crippen LogP contribution in [0, 0.1) is 18.8 Å². The monoisotopic (exact) mass is 510 g/mol. The molecule has 0 radical (unpaired) electrons. The number of aromatic nitrogens is 2. The van der Waals surface area contributed by atoms with Crippen molar-refractivity contribution in [3.05, 3.63) is 51.4 Å². The lowest BCUT2D eigenvalue weighted by Crippen LogP contribution is -2.44. The number of likely N-dealkylation sites (tertiary alicyclic amines) is 1. The second kappa shape index (κ2) is 9.93. The number of carbonyl (C=O) groups is 2. The zero-order valence-electron chi connectivity index (χ0n) is 20.7. The van der Waals surface area contributed by atoms with Gasteiger partial charge < -0.3 is 19.7 Å². The highest BCUT2D eigenvalue weighted by Crippen LogP contribution is 2.31. The van der Waals surface area contributed by atoms with Crippen LogP contribution < -0.4 is 20.3 Å². The molecule has 1 N–H and O–H groups in total. The molecule has 0 bridgehead atoms. The first-order valence-electron chi connectivity index (χ1n) is 12.2. The molecule has 0 spiro atoms. The molecular weight excluding hydrogens is 480 g/mol. The average molecular weight is 511 g/mol. The molecule has 10 heteroatoms. The number of aryl methyl sites for hydroxylation is 1. The number of carbonyl (C=O) groups excluding carboxylic acids is 2. The summed E-state index contributed by atoms with van der Waals surface area (Å²) in [6.45, 7) is 7.98. The van der Waals surface area contributed by atoms with Crippen LogP contribution in [0.2, 0.25) is 0 Å². The van der Waals surface area contributed by atoms with Gasteiger partial charge in [0.1, 0.15) is 24.1 Å². The van der Waals surface area contributed by atoms with E-state index in [1.165, 1.54) is 22.2 Å². The summed E-state index contributed by atoms with van der Waals surface area (Å²) in [5, 5.41) is 3.27. The predicted molar refractivity (Wildman–Crippen MR) is 137 cm³/mol. The van der Waals surface area contributed by atoms with Crippen molar-refractivity contribution in [2.75, 3.05) is 26.2 Å². The highest BCUT2D eigenvalue weighted by molar-refractivity contribution is 7.20. The van der Waals surface area contributed by atoms with E-state index in [0.717, 1.165) is 6.42 Å². The van der Waals surface area contributed by atoms with Crippen LogP contribution in [-0.4, -0.2) is 58.6 Å². The summed E-state index contributed by atoms with van der Waals surface area (Å²) in [5.74, 6) is 1.83. The van der Waals surface area contributed by atoms with Crippen LogP contribution in [0.3, 0.4) is 0 Å². The number of rotatable bonds is 5. The first-order chi connectivity index (χ1) is 17.3. The lowest BCUT2D eigenvalue weighted by atomic mass is 9.92. The van der Waals surface area contributed by atoms with Gasteiger partial charge in [0.15, 0.2) is 11.5 Å². The topological polar surface area (TPSA) is 103 Å². The number of fused-ring (bicyclic) bond motifs is 2. The maximum Gasteiger partial charge on any atom is 0.262 e. The fourth-order valence-electron chi connectivity index (χ4n) is 5.05. The molecule has 190 valence electrons. The van der Waals surface area contributed by atoms with Gasteiger partial charge in [0.2, 0.25) is 5.91 Å². The number of para-hydroxylation sites is 2. The Morgan fingerprint density at radius 3 is 2.64 bits per heavy atom. The van der Waals surface area contributed by atoms with E-state index in [1.807, 2.05) is 29.2 Å². The highest BCUT2D eigenvalue weighted by Gasteiger charge is 2.27. The number of hydrogen-bond donors (Lipinski definition) is 1. The molecule has 0 saturated carbocycles. The molecule has 2 aromatic heterocycles. The van der Waals surface area contributed by atoms with Crippen molar-refractivity contribution in [1.29, 1.82) is 0 Å². The highest BCUT2D eigenvalue weighted by atomic mass is 32.1. The van der Waals surface area contributed by atoms with Crippen molar-refractivity contribution in [1.82, 2.24) is 19.8 Å². The normalized spacial score (nSPS) is 21.4. The maximum atomic E-state index is 13.2. The van der Waals surface area contributed by atoms with Crippen molar-refractivity contribution in [2.45, 2.75) is 39.8 Å². The molecule has 1 saturated heterocycles. The van der Waals surface area contributed by atoms with Crippen LogP contribution >= 0.6 is 11.3 Å². The molecule has 3 atom stereocenters. The van der Waals surface area contributed by atoms with E-state index in [0.29, 0.717) is 63.7 Å². The summed E-state index contributed by atoms with van der Waals surface area (Å²) in [4.78, 5) is 46.3. The van der Waals surface area contributed by atoms with E-state index in [9.17, 15) is 14.4 Å². The first-order valence-corrected chi connectivity index (χ1v) is 13.0. The molecule has 1 fully saturated rings. The predicted octanol–water partition coefficient (Wildman–Crippen LogP) is 2.84. The Labute approximate surface area is 213 Å². The number of nitrogens with one attached hydrogen (secondary N) is 1. The molecule has 2 aliphatic rings. The van der Waals surface area contributed by atoms with Gasteiger partial charge in [-0.2, -0.15) is 0 Å². The number of piperidine rings is 1. The molecule has 9 nitrogen and oxygen atoms in total. The van der Waals surface area contributed by atoms with Crippen molar-refractivity contribution in [3.63, 3.8) is 0 Å². The molecule has 0 aliphatic carbocycles. The molecule has 3 aromatic rings. The van der Waals surface area contributed by atoms with Crippen molar-refractivity contribution < 1.29 is 19.1 Å². The maximum absolute atomic E-state index is 13.2. The van der Waals surface area contributed by atoms with Gasteiger partial charge in [-0.05, 0) is 42.9 Å². The average Bonchev–Trinajstić information content (AvgIpc) is 3.20. The lowest BCUT2D eigenvalue weighted by Gasteiger charge is -2.35. The number of nitrogens with zero attached hydrogens (tertiary/aromatic N) is 3. The standard InChI is InChI=1S/C26H30N4O5S/c1-15-8-16(2)11-29(10-15)21(31)12-30-14-28-25-22(26(30)33)17(3)23(36-25)24(32)27-9-18-13-34-19-6-4-5-7-20(19)35-18/h4-7,14-16,18H,8-13H2,1-3H3,(H,27,32). The minimum Gasteiger partial charge on any atom is -0.486 e. The fraction of sp³-hybridized carbons (Fsp3) is 0.462. The molecule has 5 rings (SSSR count). The summed E-state index contributed by atoms with van der Waals surface area (Å²) in [6.07, 6.45) is 2.19. The second-order valence-electron chi connectivity index (χ2n) is 9.87.